The Hall–Kier alpha value is -2.96. The van der Waals surface area contributed by atoms with Crippen LogP contribution in [0.5, 0.6) is 5.75 Å². The highest BCUT2D eigenvalue weighted by Gasteiger charge is 2.26. The summed E-state index contributed by atoms with van der Waals surface area (Å²) in [5.74, 6) is 0.685. The molecule has 0 aliphatic carbocycles. The summed E-state index contributed by atoms with van der Waals surface area (Å²) in [6, 6.07) is 4.57. The minimum Gasteiger partial charge on any atom is -0.494 e. The van der Waals surface area contributed by atoms with E-state index in [0.717, 1.165) is 6.54 Å². The Balaban J connectivity index is 1.88. The summed E-state index contributed by atoms with van der Waals surface area (Å²) < 4.78 is 40.1. The van der Waals surface area contributed by atoms with Crippen LogP contribution in [-0.4, -0.2) is 83.5 Å². The van der Waals surface area contributed by atoms with Crippen LogP contribution in [0.4, 0.5) is 14.7 Å². The van der Waals surface area contributed by atoms with Gasteiger partial charge in [-0.3, -0.25) is 4.57 Å². The van der Waals surface area contributed by atoms with E-state index in [1.807, 2.05) is 23.9 Å². The number of fused-ring (bicyclic) bond motifs is 1. The number of halogens is 2. The molecule has 0 radical (unpaired) electrons. The summed E-state index contributed by atoms with van der Waals surface area (Å²) in [7, 11) is 5.37. The van der Waals surface area contributed by atoms with Crippen LogP contribution in [0.15, 0.2) is 18.2 Å². The molecule has 1 aromatic carbocycles. The first-order chi connectivity index (χ1) is 15.9. The van der Waals surface area contributed by atoms with Gasteiger partial charge in [-0.1, -0.05) is 6.07 Å². The van der Waals surface area contributed by atoms with Crippen LogP contribution in [0.25, 0.3) is 17.0 Å². The lowest BCUT2D eigenvalue weighted by Gasteiger charge is -2.27. The Kier molecular flexibility index (Phi) is 6.96. The van der Waals surface area contributed by atoms with Crippen LogP contribution in [-0.2, 0) is 4.74 Å². The van der Waals surface area contributed by atoms with Crippen molar-refractivity contribution in [1.82, 2.24) is 29.4 Å². The number of hydrogen-bond acceptors (Lipinski definition) is 9. The fourth-order valence-electron chi connectivity index (χ4n) is 3.68. The number of methoxy groups -OCH3 is 1. The Morgan fingerprint density at radius 2 is 1.85 bits per heavy atom. The second-order valence-electron chi connectivity index (χ2n) is 8.03. The molecule has 178 valence electrons. The van der Waals surface area contributed by atoms with E-state index < -0.39 is 18.3 Å². The summed E-state index contributed by atoms with van der Waals surface area (Å²) >= 11 is 0. The minimum absolute atomic E-state index is 0.0489. The number of para-hydroxylation sites is 1. The smallest absolute Gasteiger partial charge is 0.296 e. The number of morpholine rings is 1. The molecule has 0 spiro atoms. The van der Waals surface area contributed by atoms with Gasteiger partial charge in [-0.15, -0.1) is 0 Å². The summed E-state index contributed by atoms with van der Waals surface area (Å²) in [5, 5.41) is 0. The second-order valence-corrected chi connectivity index (χ2v) is 8.03. The standard InChI is InChI=1S/C21H28F2N8O2/c1-29(2)8-7-13(24)18-26-20(30-9-11-33-12-10-30)28-21(27-18)31-14-5-4-6-15(32-3)16(14)25-19(31)17(22)23/h4-6,13,17H,7-12,24H2,1-3H3. The van der Waals surface area contributed by atoms with Crippen LogP contribution >= 0.6 is 0 Å². The quantitative estimate of drug-likeness (QED) is 0.537. The fraction of sp³-hybridized carbons (Fsp3) is 0.524. The van der Waals surface area contributed by atoms with Gasteiger partial charge in [-0.25, -0.2) is 13.8 Å². The van der Waals surface area contributed by atoms with Crippen molar-refractivity contribution >= 4 is 17.0 Å². The van der Waals surface area contributed by atoms with E-state index >= 15 is 0 Å². The van der Waals surface area contributed by atoms with E-state index in [1.165, 1.54) is 11.7 Å². The summed E-state index contributed by atoms with van der Waals surface area (Å²) in [6.07, 6.45) is -2.25. The monoisotopic (exact) mass is 462 g/mol. The normalized spacial score (nSPS) is 15.6. The summed E-state index contributed by atoms with van der Waals surface area (Å²) in [4.78, 5) is 21.8. The minimum atomic E-state index is -2.85. The van der Waals surface area contributed by atoms with Gasteiger partial charge < -0.3 is 25.0 Å². The zero-order chi connectivity index (χ0) is 23.5. The Morgan fingerprint density at radius 1 is 1.12 bits per heavy atom. The number of imidazole rings is 1. The molecular weight excluding hydrogens is 434 g/mol. The Bertz CT molecular complexity index is 1100. The van der Waals surface area contributed by atoms with Crippen molar-refractivity contribution in [3.63, 3.8) is 0 Å². The maximum atomic E-state index is 14.1. The third kappa shape index (κ3) is 4.87. The van der Waals surface area contributed by atoms with E-state index in [4.69, 9.17) is 15.2 Å². The van der Waals surface area contributed by atoms with Crippen LogP contribution in [0, 0.1) is 0 Å². The molecule has 2 N–H and O–H groups in total. The zero-order valence-corrected chi connectivity index (χ0v) is 18.9. The maximum Gasteiger partial charge on any atom is 0.296 e. The second kappa shape index (κ2) is 9.89. The van der Waals surface area contributed by atoms with Gasteiger partial charge in [0.2, 0.25) is 11.9 Å². The van der Waals surface area contributed by atoms with E-state index in [-0.39, 0.29) is 5.95 Å². The van der Waals surface area contributed by atoms with Crippen LogP contribution in [0.3, 0.4) is 0 Å². The van der Waals surface area contributed by atoms with Gasteiger partial charge in [0.05, 0.1) is 31.9 Å². The number of aromatic nitrogens is 5. The number of anilines is 1. The predicted octanol–water partition coefficient (Wildman–Crippen LogP) is 1.94. The third-order valence-corrected chi connectivity index (χ3v) is 5.43. The Morgan fingerprint density at radius 3 is 2.52 bits per heavy atom. The number of ether oxygens (including phenoxy) is 2. The summed E-state index contributed by atoms with van der Waals surface area (Å²) in [6.45, 7) is 2.93. The van der Waals surface area contributed by atoms with Gasteiger partial charge in [0.15, 0.2) is 11.6 Å². The lowest BCUT2D eigenvalue weighted by atomic mass is 10.2. The fourth-order valence-corrected chi connectivity index (χ4v) is 3.68. The number of rotatable bonds is 8. The van der Waals surface area contributed by atoms with Crippen molar-refractivity contribution in [1.29, 1.82) is 0 Å². The molecule has 1 aliphatic rings. The molecule has 4 rings (SSSR count). The van der Waals surface area contributed by atoms with Crippen LogP contribution in [0.1, 0.15) is 30.5 Å². The maximum absolute atomic E-state index is 14.1. The molecule has 12 heteroatoms. The van der Waals surface area contributed by atoms with Crippen molar-refractivity contribution in [2.75, 3.05) is 59.0 Å². The molecule has 0 amide bonds. The first-order valence-electron chi connectivity index (χ1n) is 10.7. The van der Waals surface area contributed by atoms with Crippen molar-refractivity contribution in [2.45, 2.75) is 18.9 Å². The molecule has 1 atom stereocenters. The van der Waals surface area contributed by atoms with Crippen molar-refractivity contribution < 1.29 is 18.3 Å². The molecule has 1 saturated heterocycles. The number of benzene rings is 1. The van der Waals surface area contributed by atoms with Gasteiger partial charge in [0.1, 0.15) is 11.3 Å². The molecule has 1 unspecified atom stereocenters. The van der Waals surface area contributed by atoms with E-state index in [9.17, 15) is 8.78 Å². The number of nitrogens with two attached hydrogens (primary N) is 1. The highest BCUT2D eigenvalue weighted by atomic mass is 19.3. The van der Waals surface area contributed by atoms with Crippen molar-refractivity contribution in [3.8, 4) is 11.7 Å². The average molecular weight is 463 g/mol. The topological polar surface area (TPSA) is 107 Å². The molecule has 2 aromatic heterocycles. The molecule has 3 aromatic rings. The molecule has 33 heavy (non-hydrogen) atoms. The molecular formula is C21H28F2N8O2. The van der Waals surface area contributed by atoms with Gasteiger partial charge in [-0.2, -0.15) is 15.0 Å². The van der Waals surface area contributed by atoms with Crippen molar-refractivity contribution in [2.24, 2.45) is 5.73 Å². The highest BCUT2D eigenvalue weighted by Crippen LogP contribution is 2.32. The first kappa shape index (κ1) is 23.2. The molecule has 1 fully saturated rings. The van der Waals surface area contributed by atoms with Gasteiger partial charge in [0, 0.05) is 13.1 Å². The van der Waals surface area contributed by atoms with Gasteiger partial charge in [0.25, 0.3) is 6.43 Å². The number of hydrogen-bond donors (Lipinski definition) is 1. The van der Waals surface area contributed by atoms with Crippen LogP contribution in [0.2, 0.25) is 0 Å². The summed E-state index contributed by atoms with van der Waals surface area (Å²) in [5.41, 5.74) is 7.13. The largest absolute Gasteiger partial charge is 0.494 e. The molecule has 1 aliphatic heterocycles. The zero-order valence-electron chi connectivity index (χ0n) is 18.9. The average Bonchev–Trinajstić information content (AvgIpc) is 3.23. The lowest BCUT2D eigenvalue weighted by Crippen LogP contribution is -2.38. The van der Waals surface area contributed by atoms with Gasteiger partial charge in [-0.05, 0) is 39.2 Å². The molecule has 0 bridgehead atoms. The Labute approximate surface area is 190 Å². The van der Waals surface area contributed by atoms with E-state index in [1.54, 1.807) is 18.2 Å². The van der Waals surface area contributed by atoms with Crippen molar-refractivity contribution in [3.05, 3.63) is 29.8 Å². The molecule has 10 nitrogen and oxygen atoms in total. The lowest BCUT2D eigenvalue weighted by molar-refractivity contribution is 0.122. The highest BCUT2D eigenvalue weighted by molar-refractivity contribution is 5.84. The molecule has 0 saturated carbocycles. The predicted molar refractivity (Wildman–Crippen MR) is 119 cm³/mol. The third-order valence-electron chi connectivity index (χ3n) is 5.43. The number of nitrogens with zero attached hydrogens (tertiary/aromatic N) is 7. The van der Waals surface area contributed by atoms with E-state index in [2.05, 4.69) is 19.9 Å². The van der Waals surface area contributed by atoms with E-state index in [0.29, 0.717) is 61.3 Å². The SMILES string of the molecule is COc1cccc2c1nc(C(F)F)n2-c1nc(C(N)CCN(C)C)nc(N2CCOCC2)n1. The van der Waals surface area contributed by atoms with Gasteiger partial charge >= 0.3 is 0 Å². The molecule has 3 heterocycles. The van der Waals surface area contributed by atoms with Crippen LogP contribution < -0.4 is 15.4 Å². The first-order valence-corrected chi connectivity index (χ1v) is 10.7. The number of alkyl halides is 2.